The lowest BCUT2D eigenvalue weighted by molar-refractivity contribution is -0.156. The molecule has 28 heavy (non-hydrogen) atoms. The maximum atomic E-state index is 13.2. The molecule has 2 amide bonds. The van der Waals surface area contributed by atoms with Gasteiger partial charge in [-0.15, -0.1) is 0 Å². The third-order valence-corrected chi connectivity index (χ3v) is 5.11. The Kier molecular flexibility index (Phi) is 4.91. The number of carbonyl (C=O) groups is 2. The van der Waals surface area contributed by atoms with Crippen LogP contribution in [-0.4, -0.2) is 60.2 Å². The number of H-pyrrole nitrogens is 1. The maximum Gasteiger partial charge on any atom is 0.254 e. The molecule has 9 nitrogen and oxygen atoms in total. The molecule has 1 aromatic heterocycles. The molecule has 3 heterocycles. The topological polar surface area (TPSA) is 106 Å². The molecule has 2 aromatic rings. The number of aromatic amines is 1. The molecule has 9 heteroatoms. The van der Waals surface area contributed by atoms with Gasteiger partial charge < -0.3 is 29.4 Å². The Balaban J connectivity index is 1.60. The van der Waals surface area contributed by atoms with E-state index in [0.717, 1.165) is 11.4 Å². The van der Waals surface area contributed by atoms with Gasteiger partial charge in [0.05, 0.1) is 44.5 Å². The first-order valence-electron chi connectivity index (χ1n) is 9.03. The number of imidazole rings is 1. The fraction of sp³-hybridized carbons (Fsp3) is 0.421. The molecular weight excluding hydrogens is 364 g/mol. The smallest absolute Gasteiger partial charge is 0.254 e. The number of ether oxygens (including phenoxy) is 3. The Morgan fingerprint density at radius 3 is 2.89 bits per heavy atom. The Labute approximate surface area is 162 Å². The number of amides is 2. The van der Waals surface area contributed by atoms with Gasteiger partial charge in [-0.25, -0.2) is 4.98 Å². The summed E-state index contributed by atoms with van der Waals surface area (Å²) in [6.45, 7) is 0.854. The van der Waals surface area contributed by atoms with Gasteiger partial charge in [0.15, 0.2) is 17.6 Å². The van der Waals surface area contributed by atoms with Gasteiger partial charge in [-0.05, 0) is 17.7 Å². The third kappa shape index (κ3) is 3.29. The maximum absolute atomic E-state index is 13.2. The molecule has 148 valence electrons. The molecule has 2 aliphatic rings. The van der Waals surface area contributed by atoms with E-state index in [2.05, 4.69) is 15.3 Å². The number of rotatable bonds is 4. The summed E-state index contributed by atoms with van der Waals surface area (Å²) in [5.41, 5.74) is 2.63. The lowest BCUT2D eigenvalue weighted by atomic mass is 9.97. The number of benzene rings is 1. The second kappa shape index (κ2) is 7.51. The van der Waals surface area contributed by atoms with Gasteiger partial charge in [0, 0.05) is 13.0 Å². The van der Waals surface area contributed by atoms with Crippen LogP contribution < -0.4 is 14.8 Å². The average Bonchev–Trinajstić information content (AvgIpc) is 3.20. The summed E-state index contributed by atoms with van der Waals surface area (Å²) in [5, 5.41) is 2.88. The van der Waals surface area contributed by atoms with Crippen LogP contribution >= 0.6 is 0 Å². The van der Waals surface area contributed by atoms with Crippen LogP contribution in [-0.2, 0) is 27.3 Å². The van der Waals surface area contributed by atoms with E-state index in [4.69, 9.17) is 14.2 Å². The Morgan fingerprint density at radius 2 is 2.11 bits per heavy atom. The first-order valence-corrected chi connectivity index (χ1v) is 9.03. The summed E-state index contributed by atoms with van der Waals surface area (Å²) in [5.74, 6) is 0.657. The minimum absolute atomic E-state index is 0.149. The van der Waals surface area contributed by atoms with Crippen molar-refractivity contribution in [2.24, 2.45) is 0 Å². The predicted octanol–water partition coefficient (Wildman–Crippen LogP) is 0.568. The van der Waals surface area contributed by atoms with Crippen LogP contribution in [0.1, 0.15) is 23.0 Å². The molecule has 2 atom stereocenters. The van der Waals surface area contributed by atoms with Gasteiger partial charge in [-0.1, -0.05) is 6.07 Å². The van der Waals surface area contributed by atoms with Crippen LogP contribution in [0, 0.1) is 0 Å². The largest absolute Gasteiger partial charge is 0.493 e. The number of fused-ring (bicyclic) bond motifs is 1. The first kappa shape index (κ1) is 18.3. The molecule has 4 rings (SSSR count). The standard InChI is InChI=1S/C19H22N4O5/c1-26-14-4-3-11(7-15(14)27-2)17-18(28-9-16(24)22-17)19(25)23-6-5-12-13(8-23)21-10-20-12/h3-4,7,10,17-18H,5-6,8-9H2,1-2H3,(H,20,21)(H,22,24)/t17-,18+/m1/s1. The van der Waals surface area contributed by atoms with E-state index < -0.39 is 12.1 Å². The Hall–Kier alpha value is -3.07. The van der Waals surface area contributed by atoms with Crippen molar-refractivity contribution in [1.29, 1.82) is 0 Å². The van der Waals surface area contributed by atoms with Crippen LogP contribution in [0.25, 0.3) is 0 Å². The van der Waals surface area contributed by atoms with Crippen molar-refractivity contribution in [2.45, 2.75) is 25.1 Å². The van der Waals surface area contributed by atoms with Crippen LogP contribution in [0.3, 0.4) is 0 Å². The second-order valence-corrected chi connectivity index (χ2v) is 6.73. The van der Waals surface area contributed by atoms with Crippen molar-refractivity contribution < 1.29 is 23.8 Å². The van der Waals surface area contributed by atoms with E-state index in [1.807, 2.05) is 0 Å². The summed E-state index contributed by atoms with van der Waals surface area (Å²) in [6.07, 6.45) is 1.51. The predicted molar refractivity (Wildman–Crippen MR) is 97.9 cm³/mol. The van der Waals surface area contributed by atoms with Crippen molar-refractivity contribution in [1.82, 2.24) is 20.2 Å². The summed E-state index contributed by atoms with van der Waals surface area (Å²) < 4.78 is 16.3. The molecule has 0 radical (unpaired) electrons. The van der Waals surface area contributed by atoms with E-state index in [0.29, 0.717) is 36.6 Å². The van der Waals surface area contributed by atoms with Gasteiger partial charge in [0.2, 0.25) is 5.91 Å². The van der Waals surface area contributed by atoms with E-state index in [-0.39, 0.29) is 18.4 Å². The minimum Gasteiger partial charge on any atom is -0.493 e. The SMILES string of the molecule is COc1ccc([C@H]2NC(=O)CO[C@@H]2C(=O)N2CCc3nc[nH]c3C2)cc1OC. The van der Waals surface area contributed by atoms with Crippen LogP contribution in [0.2, 0.25) is 0 Å². The molecule has 0 unspecified atom stereocenters. The molecule has 2 N–H and O–H groups in total. The summed E-state index contributed by atoms with van der Waals surface area (Å²) in [7, 11) is 3.09. The average molecular weight is 386 g/mol. The monoisotopic (exact) mass is 386 g/mol. The zero-order chi connectivity index (χ0) is 19.7. The highest BCUT2D eigenvalue weighted by Gasteiger charge is 2.39. The van der Waals surface area contributed by atoms with Gasteiger partial charge in [0.25, 0.3) is 5.91 Å². The molecule has 0 spiro atoms. The number of nitrogens with zero attached hydrogens (tertiary/aromatic N) is 2. The lowest BCUT2D eigenvalue weighted by Gasteiger charge is -2.36. The van der Waals surface area contributed by atoms with E-state index in [9.17, 15) is 9.59 Å². The molecule has 1 fully saturated rings. The highest BCUT2D eigenvalue weighted by Crippen LogP contribution is 2.33. The molecule has 2 aliphatic heterocycles. The molecular formula is C19H22N4O5. The van der Waals surface area contributed by atoms with Gasteiger partial charge in [-0.2, -0.15) is 0 Å². The second-order valence-electron chi connectivity index (χ2n) is 6.73. The molecule has 0 bridgehead atoms. The first-order chi connectivity index (χ1) is 13.6. The Bertz CT molecular complexity index is 896. The number of hydrogen-bond acceptors (Lipinski definition) is 6. The summed E-state index contributed by atoms with van der Waals surface area (Å²) in [6, 6.07) is 4.68. The van der Waals surface area contributed by atoms with Crippen LogP contribution in [0.4, 0.5) is 0 Å². The van der Waals surface area contributed by atoms with Crippen molar-refractivity contribution in [3.63, 3.8) is 0 Å². The minimum atomic E-state index is -0.819. The van der Waals surface area contributed by atoms with Crippen LogP contribution in [0.5, 0.6) is 11.5 Å². The molecule has 1 aromatic carbocycles. The number of hydrogen-bond donors (Lipinski definition) is 2. The number of morpholine rings is 1. The van der Waals surface area contributed by atoms with Gasteiger partial charge >= 0.3 is 0 Å². The van der Waals surface area contributed by atoms with E-state index >= 15 is 0 Å². The van der Waals surface area contributed by atoms with E-state index in [1.54, 1.807) is 36.5 Å². The number of aromatic nitrogens is 2. The number of carbonyl (C=O) groups excluding carboxylic acids is 2. The number of methoxy groups -OCH3 is 2. The van der Waals surface area contributed by atoms with Crippen molar-refractivity contribution in [3.05, 3.63) is 41.5 Å². The highest BCUT2D eigenvalue weighted by molar-refractivity contribution is 5.86. The van der Waals surface area contributed by atoms with Crippen molar-refractivity contribution in [3.8, 4) is 11.5 Å². The fourth-order valence-electron chi connectivity index (χ4n) is 3.65. The molecule has 0 saturated carbocycles. The van der Waals surface area contributed by atoms with E-state index in [1.165, 1.54) is 7.11 Å². The number of nitrogens with one attached hydrogen (secondary N) is 2. The molecule has 1 saturated heterocycles. The quantitative estimate of drug-likeness (QED) is 0.796. The van der Waals surface area contributed by atoms with Crippen LogP contribution in [0.15, 0.2) is 24.5 Å². The normalized spacial score (nSPS) is 21.6. The summed E-state index contributed by atoms with van der Waals surface area (Å²) in [4.78, 5) is 34.3. The Morgan fingerprint density at radius 1 is 1.29 bits per heavy atom. The van der Waals surface area contributed by atoms with Crippen molar-refractivity contribution >= 4 is 11.8 Å². The zero-order valence-corrected chi connectivity index (χ0v) is 15.7. The highest BCUT2D eigenvalue weighted by atomic mass is 16.5. The van der Waals surface area contributed by atoms with Gasteiger partial charge in [-0.3, -0.25) is 9.59 Å². The fourth-order valence-corrected chi connectivity index (χ4v) is 3.65. The third-order valence-electron chi connectivity index (χ3n) is 5.11. The zero-order valence-electron chi connectivity index (χ0n) is 15.7. The van der Waals surface area contributed by atoms with Crippen molar-refractivity contribution in [2.75, 3.05) is 27.4 Å². The lowest BCUT2D eigenvalue weighted by Crippen LogP contribution is -2.54. The molecule has 0 aliphatic carbocycles. The summed E-state index contributed by atoms with van der Waals surface area (Å²) >= 11 is 0. The van der Waals surface area contributed by atoms with Gasteiger partial charge in [0.1, 0.15) is 6.61 Å².